The van der Waals surface area contributed by atoms with Crippen LogP contribution in [-0.4, -0.2) is 63.9 Å². The van der Waals surface area contributed by atoms with Crippen molar-refractivity contribution in [1.29, 1.82) is 0 Å². The quantitative estimate of drug-likeness (QED) is 0.736. The van der Waals surface area contributed by atoms with Gasteiger partial charge in [0.15, 0.2) is 0 Å². The van der Waals surface area contributed by atoms with Crippen molar-refractivity contribution in [3.63, 3.8) is 0 Å². The number of carbonyl (C=O) groups is 3. The van der Waals surface area contributed by atoms with Gasteiger partial charge in [-0.05, 0) is 19.1 Å². The Bertz CT molecular complexity index is 848. The number of hydrogen-bond acceptors (Lipinski definition) is 5. The first-order chi connectivity index (χ1) is 11.1. The van der Waals surface area contributed by atoms with Crippen LogP contribution in [0.5, 0.6) is 0 Å². The molecule has 2 amide bonds. The fourth-order valence-electron chi connectivity index (χ4n) is 2.98. The van der Waals surface area contributed by atoms with Crippen LogP contribution < -0.4 is 0 Å². The highest BCUT2D eigenvalue weighted by Crippen LogP contribution is 2.48. The number of nitrogens with zero attached hydrogens (tertiary/aromatic N) is 2. The Morgan fingerprint density at radius 3 is 2.25 bits per heavy atom. The van der Waals surface area contributed by atoms with Gasteiger partial charge < -0.3 is 10.2 Å². The number of carboxylic acids is 1. The Balaban J connectivity index is 1.95. The van der Waals surface area contributed by atoms with Crippen molar-refractivity contribution in [2.75, 3.05) is 6.54 Å². The van der Waals surface area contributed by atoms with Gasteiger partial charge in [0.25, 0.3) is 5.91 Å². The van der Waals surface area contributed by atoms with E-state index in [4.69, 9.17) is 10.2 Å². The number of aryl methyl sites for hydroxylation is 1. The maximum Gasteiger partial charge on any atom is 0.414 e. The van der Waals surface area contributed by atoms with Gasteiger partial charge in [-0.1, -0.05) is 17.7 Å². The van der Waals surface area contributed by atoms with Crippen LogP contribution in [0, 0.1) is 6.92 Å². The van der Waals surface area contributed by atoms with Crippen LogP contribution in [0.1, 0.15) is 12.0 Å². The first-order valence-electron chi connectivity index (χ1n) is 7.00. The van der Waals surface area contributed by atoms with Crippen LogP contribution >= 0.6 is 0 Å². The van der Waals surface area contributed by atoms with Crippen LogP contribution in [0.25, 0.3) is 0 Å². The van der Waals surface area contributed by atoms with E-state index in [1.165, 1.54) is 12.1 Å². The predicted octanol–water partition coefficient (Wildman–Crippen LogP) is 0.102. The molecule has 3 rings (SSSR count). The molecule has 2 fully saturated rings. The Labute approximate surface area is 137 Å². The van der Waals surface area contributed by atoms with Gasteiger partial charge in [0.2, 0.25) is 10.0 Å². The molecule has 9 nitrogen and oxygen atoms in total. The lowest BCUT2D eigenvalue weighted by atomic mass is 10.1. The average Bonchev–Trinajstić information content (AvgIpc) is 3.15. The van der Waals surface area contributed by atoms with Gasteiger partial charge in [-0.25, -0.2) is 22.9 Å². The van der Waals surface area contributed by atoms with Crippen molar-refractivity contribution in [3.8, 4) is 0 Å². The van der Waals surface area contributed by atoms with Gasteiger partial charge in [-0.15, -0.1) is 0 Å². The zero-order chi connectivity index (χ0) is 17.9. The van der Waals surface area contributed by atoms with E-state index in [1.54, 1.807) is 19.1 Å². The normalized spacial score (nSPS) is 29.0. The van der Waals surface area contributed by atoms with Gasteiger partial charge in [0.05, 0.1) is 4.90 Å². The number of aliphatic carboxylic acids is 1. The number of amides is 2. The topological polar surface area (TPSA) is 132 Å². The van der Waals surface area contributed by atoms with E-state index in [0.29, 0.717) is 0 Å². The summed E-state index contributed by atoms with van der Waals surface area (Å²) in [6.45, 7) is 1.56. The van der Waals surface area contributed by atoms with E-state index in [-0.39, 0.29) is 16.3 Å². The predicted molar refractivity (Wildman–Crippen MR) is 78.7 cm³/mol. The van der Waals surface area contributed by atoms with Crippen molar-refractivity contribution in [2.45, 2.75) is 29.8 Å². The molecular formula is C14H14N2O7S. The second kappa shape index (κ2) is 5.02. The molecule has 1 aromatic carbocycles. The number of imide groups is 1. The molecule has 0 aliphatic carbocycles. The van der Waals surface area contributed by atoms with E-state index in [2.05, 4.69) is 0 Å². The zero-order valence-corrected chi connectivity index (χ0v) is 13.4. The molecule has 2 aliphatic rings. The summed E-state index contributed by atoms with van der Waals surface area (Å²) in [6.07, 6.45) is -2.10. The maximum atomic E-state index is 12.6. The molecule has 0 radical (unpaired) electrons. The Hall–Kier alpha value is -2.46. The molecule has 2 saturated heterocycles. The first kappa shape index (κ1) is 16.4. The Morgan fingerprint density at radius 1 is 1.21 bits per heavy atom. The first-order valence-corrected chi connectivity index (χ1v) is 8.44. The number of sulfonamides is 1. The van der Waals surface area contributed by atoms with E-state index >= 15 is 0 Å². The monoisotopic (exact) mass is 354 g/mol. The molecule has 2 aliphatic heterocycles. The molecule has 3 atom stereocenters. The highest BCUT2D eigenvalue weighted by atomic mass is 32.2. The van der Waals surface area contributed by atoms with Crippen LogP contribution in [0.15, 0.2) is 29.2 Å². The number of carbonyl (C=O) groups excluding carboxylic acids is 1. The van der Waals surface area contributed by atoms with Crippen LogP contribution in [-0.2, 0) is 19.6 Å². The van der Waals surface area contributed by atoms with Crippen molar-refractivity contribution < 1.29 is 33.0 Å². The van der Waals surface area contributed by atoms with Crippen molar-refractivity contribution in [3.05, 3.63) is 29.8 Å². The van der Waals surface area contributed by atoms with Gasteiger partial charge in [0, 0.05) is 13.0 Å². The summed E-state index contributed by atoms with van der Waals surface area (Å²) >= 11 is 0. The van der Waals surface area contributed by atoms with Crippen molar-refractivity contribution in [2.24, 2.45) is 0 Å². The lowest BCUT2D eigenvalue weighted by Crippen LogP contribution is -2.43. The fraction of sp³-hybridized carbons (Fsp3) is 0.357. The fourth-order valence-corrected chi connectivity index (χ4v) is 4.71. The van der Waals surface area contributed by atoms with Crippen LogP contribution in [0.3, 0.4) is 0 Å². The highest BCUT2D eigenvalue weighted by molar-refractivity contribution is 7.89. The third-order valence-electron chi connectivity index (χ3n) is 4.34. The lowest BCUT2D eigenvalue weighted by Gasteiger charge is -2.14. The molecule has 24 heavy (non-hydrogen) atoms. The molecule has 0 saturated carbocycles. The van der Waals surface area contributed by atoms with E-state index in [0.717, 1.165) is 9.87 Å². The summed E-state index contributed by atoms with van der Waals surface area (Å²) in [4.78, 5) is 34.9. The third kappa shape index (κ3) is 2.18. The van der Waals surface area contributed by atoms with E-state index in [1.807, 2.05) is 0 Å². The summed E-state index contributed by atoms with van der Waals surface area (Å²) in [5, 5.41) is 18.2. The third-order valence-corrected chi connectivity index (χ3v) is 6.27. The molecule has 2 heterocycles. The molecule has 0 bridgehead atoms. The van der Waals surface area contributed by atoms with Crippen molar-refractivity contribution in [1.82, 2.24) is 9.21 Å². The minimum Gasteiger partial charge on any atom is -0.480 e. The number of rotatable bonds is 3. The second-order valence-corrected chi connectivity index (χ2v) is 7.73. The van der Waals surface area contributed by atoms with Crippen LogP contribution in [0.2, 0.25) is 0 Å². The standard InChI is InChI=1S/C14H14N2O7S/c1-8-2-4-9(5-3-8)24(22,23)15-7-14(15)6-10(11(17)18)16(12(14)19)13(20)21/h2-5,10H,6-7H2,1H3,(H,17,18)(H,20,21)/t10-,14+,15?/m0/s1. The number of likely N-dealkylation sites (tertiary alicyclic amines) is 1. The van der Waals surface area contributed by atoms with Crippen LogP contribution in [0.4, 0.5) is 4.79 Å². The van der Waals surface area contributed by atoms with Crippen molar-refractivity contribution >= 4 is 28.0 Å². The summed E-state index contributed by atoms with van der Waals surface area (Å²) in [7, 11) is -4.01. The highest BCUT2D eigenvalue weighted by Gasteiger charge is 2.72. The Morgan fingerprint density at radius 2 is 1.79 bits per heavy atom. The molecule has 1 spiro atoms. The maximum absolute atomic E-state index is 12.6. The largest absolute Gasteiger partial charge is 0.480 e. The second-order valence-electron chi connectivity index (χ2n) is 5.87. The smallest absolute Gasteiger partial charge is 0.414 e. The average molecular weight is 354 g/mol. The molecular weight excluding hydrogens is 340 g/mol. The molecule has 2 N–H and O–H groups in total. The summed E-state index contributed by atoms with van der Waals surface area (Å²) in [6, 6.07) is 4.39. The minimum atomic E-state index is -4.01. The molecule has 0 aromatic heterocycles. The minimum absolute atomic E-state index is 0.0292. The zero-order valence-electron chi connectivity index (χ0n) is 12.5. The van der Waals surface area contributed by atoms with Gasteiger partial charge in [0.1, 0.15) is 11.6 Å². The number of benzene rings is 1. The van der Waals surface area contributed by atoms with Gasteiger partial charge >= 0.3 is 12.1 Å². The number of carboxylic acid groups (broad SMARTS) is 2. The van der Waals surface area contributed by atoms with E-state index in [9.17, 15) is 22.8 Å². The van der Waals surface area contributed by atoms with Gasteiger partial charge in [-0.3, -0.25) is 4.79 Å². The molecule has 1 aromatic rings. The molecule has 1 unspecified atom stereocenters. The lowest BCUT2D eigenvalue weighted by molar-refractivity contribution is -0.145. The van der Waals surface area contributed by atoms with E-state index < -0.39 is 46.0 Å². The summed E-state index contributed by atoms with van der Waals surface area (Å²) in [5.74, 6) is -2.50. The SMILES string of the molecule is Cc1ccc(S(=O)(=O)N2C[C@@]23C[C@@H](C(=O)O)N(C(=O)O)C3=O)cc1. The number of hydrogen-bond donors (Lipinski definition) is 2. The van der Waals surface area contributed by atoms with Gasteiger partial charge in [-0.2, -0.15) is 4.31 Å². The summed E-state index contributed by atoms with van der Waals surface area (Å²) in [5.41, 5.74) is -0.764. The Kier molecular flexibility index (Phi) is 3.43. The summed E-state index contributed by atoms with van der Waals surface area (Å²) < 4.78 is 26.1. The molecule has 10 heteroatoms. The molecule has 128 valence electrons.